The monoisotopic (exact) mass is 200 g/mol. The molecule has 1 nitrogen and oxygen atoms in total. The van der Waals surface area contributed by atoms with Crippen LogP contribution in [0.3, 0.4) is 0 Å². The van der Waals surface area contributed by atoms with Gasteiger partial charge in [-0.3, -0.25) is 0 Å². The van der Waals surface area contributed by atoms with E-state index in [0.717, 1.165) is 19.6 Å². The molecule has 0 unspecified atom stereocenters. The Kier molecular flexibility index (Phi) is 3.36. The second-order valence-corrected chi connectivity index (χ2v) is 3.73. The van der Waals surface area contributed by atoms with Gasteiger partial charge < -0.3 is 4.74 Å². The summed E-state index contributed by atoms with van der Waals surface area (Å²) in [5, 5.41) is 0. The van der Waals surface area contributed by atoms with E-state index in [9.17, 15) is 0 Å². The molecule has 0 aliphatic heterocycles. The van der Waals surface area contributed by atoms with Crippen LogP contribution in [0.15, 0.2) is 42.5 Å². The number of rotatable bonds is 5. The van der Waals surface area contributed by atoms with Crippen molar-refractivity contribution in [2.75, 3.05) is 6.61 Å². The molecule has 1 aliphatic rings. The van der Waals surface area contributed by atoms with Gasteiger partial charge in [0.1, 0.15) is 0 Å². The van der Waals surface area contributed by atoms with E-state index in [4.69, 9.17) is 4.74 Å². The van der Waals surface area contributed by atoms with E-state index in [0.29, 0.717) is 0 Å². The molecule has 0 saturated carbocycles. The Morgan fingerprint density at radius 3 is 2.40 bits per heavy atom. The summed E-state index contributed by atoms with van der Waals surface area (Å²) in [4.78, 5) is 0. The first kappa shape index (κ1) is 10.2. The van der Waals surface area contributed by atoms with Gasteiger partial charge in [0, 0.05) is 6.61 Å². The quantitative estimate of drug-likeness (QED) is 0.660. The van der Waals surface area contributed by atoms with E-state index in [1.807, 2.05) is 0 Å². The van der Waals surface area contributed by atoms with Gasteiger partial charge in [-0.2, -0.15) is 0 Å². The van der Waals surface area contributed by atoms with Gasteiger partial charge in [-0.1, -0.05) is 49.4 Å². The van der Waals surface area contributed by atoms with Gasteiger partial charge in [-0.15, -0.1) is 0 Å². The minimum atomic E-state index is 0.725. The minimum Gasteiger partial charge on any atom is -0.377 e. The average molecular weight is 200 g/mol. The largest absolute Gasteiger partial charge is 0.377 e. The molecule has 2 rings (SSSR count). The fourth-order valence-electron chi connectivity index (χ4n) is 1.51. The van der Waals surface area contributed by atoms with Crippen molar-refractivity contribution in [2.24, 2.45) is 0 Å². The van der Waals surface area contributed by atoms with Gasteiger partial charge >= 0.3 is 0 Å². The van der Waals surface area contributed by atoms with Crippen molar-refractivity contribution in [3.8, 4) is 0 Å². The summed E-state index contributed by atoms with van der Waals surface area (Å²) in [6.07, 6.45) is 7.40. The molecule has 0 fully saturated rings. The lowest BCUT2D eigenvalue weighted by Gasteiger charge is -2.08. The molecule has 0 atom stereocenters. The van der Waals surface area contributed by atoms with Gasteiger partial charge in [0.05, 0.1) is 6.61 Å². The molecule has 0 bridgehead atoms. The van der Waals surface area contributed by atoms with Crippen molar-refractivity contribution in [2.45, 2.75) is 20.0 Å². The van der Waals surface area contributed by atoms with Crippen LogP contribution in [-0.2, 0) is 11.3 Å². The number of benzene rings is 1. The van der Waals surface area contributed by atoms with Gasteiger partial charge in [0.15, 0.2) is 0 Å². The average Bonchev–Trinajstić information content (AvgIpc) is 2.18. The second-order valence-electron chi connectivity index (χ2n) is 3.73. The lowest BCUT2D eigenvalue weighted by molar-refractivity contribution is 0.121. The highest BCUT2D eigenvalue weighted by molar-refractivity contribution is 5.80. The number of hydrogen-bond donors (Lipinski definition) is 0. The molecule has 0 radical (unpaired) electrons. The molecule has 0 spiro atoms. The number of ether oxygens (including phenoxy) is 1. The van der Waals surface area contributed by atoms with E-state index in [1.54, 1.807) is 0 Å². The number of allylic oxidation sites excluding steroid dienone is 4. The third-order valence-electron chi connectivity index (χ3n) is 2.46. The Morgan fingerprint density at radius 1 is 1.13 bits per heavy atom. The van der Waals surface area contributed by atoms with Crippen LogP contribution in [-0.4, -0.2) is 6.61 Å². The smallest absolute Gasteiger partial charge is 0.0716 e. The van der Waals surface area contributed by atoms with E-state index < -0.39 is 0 Å². The Hall–Kier alpha value is -1.34. The maximum atomic E-state index is 5.48. The predicted molar refractivity (Wildman–Crippen MR) is 63.5 cm³/mol. The first-order chi connectivity index (χ1) is 7.40. The molecule has 0 aromatic heterocycles. The Labute approximate surface area is 91.1 Å². The van der Waals surface area contributed by atoms with Gasteiger partial charge in [-0.25, -0.2) is 0 Å². The number of hydrogen-bond acceptors (Lipinski definition) is 1. The minimum absolute atomic E-state index is 0.725. The molecule has 1 heteroatoms. The topological polar surface area (TPSA) is 9.23 Å². The van der Waals surface area contributed by atoms with Crippen molar-refractivity contribution in [1.82, 2.24) is 0 Å². The van der Waals surface area contributed by atoms with Crippen molar-refractivity contribution in [3.05, 3.63) is 53.6 Å². The zero-order chi connectivity index (χ0) is 10.5. The predicted octanol–water partition coefficient (Wildman–Crippen LogP) is 3.57. The van der Waals surface area contributed by atoms with Gasteiger partial charge in [0.25, 0.3) is 0 Å². The summed E-state index contributed by atoms with van der Waals surface area (Å²) in [5.74, 6) is 0. The summed E-state index contributed by atoms with van der Waals surface area (Å²) in [5.41, 5.74) is 3.85. The zero-order valence-corrected chi connectivity index (χ0v) is 9.07. The third-order valence-corrected chi connectivity index (χ3v) is 2.46. The van der Waals surface area contributed by atoms with Crippen molar-refractivity contribution in [3.63, 3.8) is 0 Å². The van der Waals surface area contributed by atoms with Crippen molar-refractivity contribution >= 4 is 5.57 Å². The lowest BCUT2D eigenvalue weighted by Crippen LogP contribution is -1.94. The standard InChI is InChI=1S/C14H16O/c1-2-10-15-11-12-6-8-14(9-7-12)13-4-3-5-13/h3-9H,2,10-11H2,1H3. The van der Waals surface area contributed by atoms with Crippen LogP contribution in [0, 0.1) is 0 Å². The van der Waals surface area contributed by atoms with Crippen molar-refractivity contribution < 1.29 is 4.74 Å². The highest BCUT2D eigenvalue weighted by Gasteiger charge is 2.01. The Morgan fingerprint density at radius 2 is 1.87 bits per heavy atom. The molecular formula is C14H16O. The lowest BCUT2D eigenvalue weighted by atomic mass is 9.98. The molecule has 1 aromatic carbocycles. The van der Waals surface area contributed by atoms with E-state index in [-0.39, 0.29) is 0 Å². The van der Waals surface area contributed by atoms with E-state index >= 15 is 0 Å². The van der Waals surface area contributed by atoms with Gasteiger partial charge in [0.2, 0.25) is 0 Å². The maximum absolute atomic E-state index is 5.48. The summed E-state index contributed by atoms with van der Waals surface area (Å²) in [7, 11) is 0. The van der Waals surface area contributed by atoms with E-state index in [2.05, 4.69) is 49.4 Å². The van der Waals surface area contributed by atoms with Crippen LogP contribution < -0.4 is 0 Å². The van der Waals surface area contributed by atoms with Crippen LogP contribution in [0.4, 0.5) is 0 Å². The molecule has 0 N–H and O–H groups in total. The first-order valence-electron chi connectivity index (χ1n) is 5.45. The van der Waals surface area contributed by atoms with Crippen LogP contribution >= 0.6 is 0 Å². The Bertz CT molecular complexity index is 371. The first-order valence-corrected chi connectivity index (χ1v) is 5.45. The molecule has 1 aromatic rings. The molecule has 0 amide bonds. The zero-order valence-electron chi connectivity index (χ0n) is 9.07. The normalized spacial score (nSPS) is 13.5. The van der Waals surface area contributed by atoms with Crippen LogP contribution in [0.1, 0.15) is 24.5 Å². The third kappa shape index (κ3) is 2.57. The van der Waals surface area contributed by atoms with Crippen LogP contribution in [0.2, 0.25) is 0 Å². The fourth-order valence-corrected chi connectivity index (χ4v) is 1.51. The van der Waals surface area contributed by atoms with Crippen LogP contribution in [0.5, 0.6) is 0 Å². The second kappa shape index (κ2) is 4.94. The maximum Gasteiger partial charge on any atom is 0.0716 e. The molecule has 0 saturated heterocycles. The summed E-state index contributed by atoms with van der Waals surface area (Å²) >= 11 is 0. The summed E-state index contributed by atoms with van der Waals surface area (Å²) in [6, 6.07) is 8.58. The SMILES string of the molecule is CCCOCc1ccc(C2=CC=C2)cc1. The highest BCUT2D eigenvalue weighted by Crippen LogP contribution is 2.22. The van der Waals surface area contributed by atoms with Crippen molar-refractivity contribution in [1.29, 1.82) is 0 Å². The molecular weight excluding hydrogens is 184 g/mol. The highest BCUT2D eigenvalue weighted by atomic mass is 16.5. The Balaban J connectivity index is 1.92. The molecule has 78 valence electrons. The van der Waals surface area contributed by atoms with Crippen LogP contribution in [0.25, 0.3) is 5.57 Å². The molecule has 1 aliphatic carbocycles. The molecule has 15 heavy (non-hydrogen) atoms. The fraction of sp³-hybridized carbons (Fsp3) is 0.286. The molecule has 0 heterocycles. The van der Waals surface area contributed by atoms with Gasteiger partial charge in [-0.05, 0) is 23.1 Å². The summed E-state index contributed by atoms with van der Waals surface area (Å²) < 4.78 is 5.48. The summed E-state index contributed by atoms with van der Waals surface area (Å²) in [6.45, 7) is 3.69. The van der Waals surface area contributed by atoms with E-state index in [1.165, 1.54) is 16.7 Å².